The summed E-state index contributed by atoms with van der Waals surface area (Å²) in [6.07, 6.45) is 1.62. The summed E-state index contributed by atoms with van der Waals surface area (Å²) in [7, 11) is 0. The van der Waals surface area contributed by atoms with E-state index in [0.717, 1.165) is 24.9 Å². The lowest BCUT2D eigenvalue weighted by atomic mass is 10.1. The van der Waals surface area contributed by atoms with Crippen LogP contribution in [0.1, 0.15) is 23.7 Å². The second-order valence-corrected chi connectivity index (χ2v) is 4.38. The minimum absolute atomic E-state index is 0.600. The van der Waals surface area contributed by atoms with Gasteiger partial charge in [0.05, 0.1) is 5.60 Å². The van der Waals surface area contributed by atoms with Crippen LogP contribution in [0.15, 0.2) is 24.3 Å². The highest BCUT2D eigenvalue weighted by Crippen LogP contribution is 2.26. The van der Waals surface area contributed by atoms with Crippen LogP contribution in [0.5, 0.6) is 0 Å². The molecule has 1 unspecified atom stereocenters. The van der Waals surface area contributed by atoms with Gasteiger partial charge in [-0.05, 0) is 25.5 Å². The number of anilines is 1. The molecule has 2 rings (SSSR count). The quantitative estimate of drug-likeness (QED) is 0.743. The van der Waals surface area contributed by atoms with Gasteiger partial charge in [-0.1, -0.05) is 12.1 Å². The van der Waals surface area contributed by atoms with Gasteiger partial charge in [-0.25, -0.2) is 0 Å². The van der Waals surface area contributed by atoms with Gasteiger partial charge in [0.15, 0.2) is 0 Å². The van der Waals surface area contributed by atoms with Gasteiger partial charge in [0.25, 0.3) is 0 Å². The first-order valence-corrected chi connectivity index (χ1v) is 5.13. The van der Waals surface area contributed by atoms with Crippen molar-refractivity contribution in [3.8, 4) is 0 Å². The number of rotatable bonds is 2. The molecule has 1 N–H and O–H groups in total. The molecule has 1 aromatic carbocycles. The van der Waals surface area contributed by atoms with Gasteiger partial charge in [-0.3, -0.25) is 4.79 Å². The van der Waals surface area contributed by atoms with Gasteiger partial charge in [0.1, 0.15) is 6.29 Å². The fourth-order valence-electron chi connectivity index (χ4n) is 1.96. The second kappa shape index (κ2) is 3.66. The fraction of sp³-hybridized carbons (Fsp3) is 0.417. The van der Waals surface area contributed by atoms with E-state index >= 15 is 0 Å². The number of hydrogen-bond donors (Lipinski definition) is 1. The van der Waals surface area contributed by atoms with Crippen molar-refractivity contribution in [3.63, 3.8) is 0 Å². The molecule has 3 heteroatoms. The highest BCUT2D eigenvalue weighted by Gasteiger charge is 2.31. The molecule has 1 aliphatic rings. The van der Waals surface area contributed by atoms with Gasteiger partial charge in [0.2, 0.25) is 0 Å². The van der Waals surface area contributed by atoms with Crippen LogP contribution in [-0.2, 0) is 0 Å². The molecule has 1 saturated heterocycles. The molecule has 1 aromatic rings. The third-order valence-electron chi connectivity index (χ3n) is 2.82. The van der Waals surface area contributed by atoms with E-state index in [-0.39, 0.29) is 0 Å². The first kappa shape index (κ1) is 10.2. The van der Waals surface area contributed by atoms with Gasteiger partial charge in [0, 0.05) is 24.3 Å². The monoisotopic (exact) mass is 205 g/mol. The van der Waals surface area contributed by atoms with Gasteiger partial charge < -0.3 is 10.0 Å². The molecule has 0 amide bonds. The average Bonchev–Trinajstić information content (AvgIpc) is 2.59. The third kappa shape index (κ3) is 2.18. The summed E-state index contributed by atoms with van der Waals surface area (Å²) >= 11 is 0. The van der Waals surface area contributed by atoms with Gasteiger partial charge >= 0.3 is 0 Å². The lowest BCUT2D eigenvalue weighted by Gasteiger charge is -2.20. The molecule has 1 heterocycles. The normalized spacial score (nSPS) is 25.6. The molecule has 80 valence electrons. The predicted octanol–water partition coefficient (Wildman–Crippen LogP) is 1.46. The standard InChI is InChI=1S/C12H15NO2/c1-12(15)5-6-13(9-12)11-4-2-3-10(7-11)8-14/h2-4,7-8,15H,5-6,9H2,1H3. The molecule has 1 aliphatic heterocycles. The van der Waals surface area contributed by atoms with Crippen molar-refractivity contribution in [2.24, 2.45) is 0 Å². The van der Waals surface area contributed by atoms with Crippen molar-refractivity contribution < 1.29 is 9.90 Å². The SMILES string of the molecule is CC1(O)CCN(c2cccc(C=O)c2)C1. The van der Waals surface area contributed by atoms with E-state index in [1.165, 1.54) is 0 Å². The minimum atomic E-state index is -0.600. The molecule has 3 nitrogen and oxygen atoms in total. The van der Waals surface area contributed by atoms with Crippen molar-refractivity contribution in [1.29, 1.82) is 0 Å². The summed E-state index contributed by atoms with van der Waals surface area (Å²) in [4.78, 5) is 12.7. The lowest BCUT2D eigenvalue weighted by molar-refractivity contribution is 0.0839. The van der Waals surface area contributed by atoms with Crippen molar-refractivity contribution in [2.75, 3.05) is 18.0 Å². The van der Waals surface area contributed by atoms with Crippen LogP contribution in [-0.4, -0.2) is 30.1 Å². The topological polar surface area (TPSA) is 40.5 Å². The number of nitrogens with zero attached hydrogens (tertiary/aromatic N) is 1. The molecule has 15 heavy (non-hydrogen) atoms. The zero-order chi connectivity index (χ0) is 10.9. The summed E-state index contributed by atoms with van der Waals surface area (Å²) in [5.74, 6) is 0. The highest BCUT2D eigenvalue weighted by atomic mass is 16.3. The van der Waals surface area contributed by atoms with E-state index in [2.05, 4.69) is 4.90 Å². The molecular formula is C12H15NO2. The van der Waals surface area contributed by atoms with E-state index in [0.29, 0.717) is 12.1 Å². The first-order chi connectivity index (χ1) is 7.11. The Morgan fingerprint density at radius 2 is 2.33 bits per heavy atom. The minimum Gasteiger partial charge on any atom is -0.388 e. The Hall–Kier alpha value is -1.35. The number of carbonyl (C=O) groups excluding carboxylic acids is 1. The number of β-amino-alcohol motifs (C(OH)–C–C–N with tert-alkyl or cyclic N) is 1. The second-order valence-electron chi connectivity index (χ2n) is 4.38. The number of carbonyl (C=O) groups is 1. The van der Waals surface area contributed by atoms with E-state index in [1.54, 1.807) is 6.07 Å². The van der Waals surface area contributed by atoms with Gasteiger partial charge in [-0.2, -0.15) is 0 Å². The Morgan fingerprint density at radius 3 is 2.93 bits per heavy atom. The molecule has 0 saturated carbocycles. The zero-order valence-electron chi connectivity index (χ0n) is 8.81. The highest BCUT2D eigenvalue weighted by molar-refractivity contribution is 5.77. The van der Waals surface area contributed by atoms with E-state index in [1.807, 2.05) is 25.1 Å². The molecule has 0 bridgehead atoms. The maximum atomic E-state index is 10.6. The number of aliphatic hydroxyl groups is 1. The predicted molar refractivity (Wildman–Crippen MR) is 59.3 cm³/mol. The number of aldehydes is 1. The Labute approximate surface area is 89.3 Å². The molecular weight excluding hydrogens is 190 g/mol. The van der Waals surface area contributed by atoms with Crippen LogP contribution in [0.3, 0.4) is 0 Å². The summed E-state index contributed by atoms with van der Waals surface area (Å²) < 4.78 is 0. The fourth-order valence-corrected chi connectivity index (χ4v) is 1.96. The Balaban J connectivity index is 2.20. The smallest absolute Gasteiger partial charge is 0.150 e. The van der Waals surface area contributed by atoms with Crippen molar-refractivity contribution in [1.82, 2.24) is 0 Å². The maximum absolute atomic E-state index is 10.6. The maximum Gasteiger partial charge on any atom is 0.150 e. The van der Waals surface area contributed by atoms with Crippen LogP contribution >= 0.6 is 0 Å². The van der Waals surface area contributed by atoms with Crippen LogP contribution in [0, 0.1) is 0 Å². The summed E-state index contributed by atoms with van der Waals surface area (Å²) in [6.45, 7) is 3.32. The molecule has 1 fully saturated rings. The third-order valence-corrected chi connectivity index (χ3v) is 2.82. The van der Waals surface area contributed by atoms with Crippen molar-refractivity contribution >= 4 is 12.0 Å². The summed E-state index contributed by atoms with van der Waals surface area (Å²) in [5, 5.41) is 9.84. The molecule has 0 spiro atoms. The first-order valence-electron chi connectivity index (χ1n) is 5.13. The largest absolute Gasteiger partial charge is 0.388 e. The van der Waals surface area contributed by atoms with Crippen LogP contribution in [0.4, 0.5) is 5.69 Å². The zero-order valence-corrected chi connectivity index (χ0v) is 8.81. The molecule has 0 aromatic heterocycles. The number of benzene rings is 1. The molecule has 1 atom stereocenters. The Morgan fingerprint density at radius 1 is 1.53 bits per heavy atom. The van der Waals surface area contributed by atoms with Crippen molar-refractivity contribution in [2.45, 2.75) is 18.9 Å². The molecule has 0 aliphatic carbocycles. The van der Waals surface area contributed by atoms with Crippen LogP contribution in [0.25, 0.3) is 0 Å². The molecule has 0 radical (unpaired) electrons. The van der Waals surface area contributed by atoms with E-state index in [4.69, 9.17) is 0 Å². The van der Waals surface area contributed by atoms with Gasteiger partial charge in [-0.15, -0.1) is 0 Å². The Kier molecular flexibility index (Phi) is 2.49. The summed E-state index contributed by atoms with van der Waals surface area (Å²) in [5.41, 5.74) is 1.09. The average molecular weight is 205 g/mol. The van der Waals surface area contributed by atoms with E-state index in [9.17, 15) is 9.90 Å². The van der Waals surface area contributed by atoms with E-state index < -0.39 is 5.60 Å². The van der Waals surface area contributed by atoms with Crippen LogP contribution < -0.4 is 4.90 Å². The Bertz CT molecular complexity index is 374. The lowest BCUT2D eigenvalue weighted by Crippen LogP contribution is -2.29. The van der Waals surface area contributed by atoms with Crippen LogP contribution in [0.2, 0.25) is 0 Å². The van der Waals surface area contributed by atoms with Crippen molar-refractivity contribution in [3.05, 3.63) is 29.8 Å². The summed E-state index contributed by atoms with van der Waals surface area (Å²) in [6, 6.07) is 7.47. The number of hydrogen-bond acceptors (Lipinski definition) is 3.